The molecule has 0 saturated carbocycles. The van der Waals surface area contributed by atoms with E-state index >= 15 is 0 Å². The smallest absolute Gasteiger partial charge is 0.287 e. The summed E-state index contributed by atoms with van der Waals surface area (Å²) in [6.45, 7) is 9.24. The van der Waals surface area contributed by atoms with E-state index in [0.717, 1.165) is 0 Å². The molecule has 10 heavy (non-hydrogen) atoms. The Bertz CT molecular complexity index is 190. The van der Waals surface area contributed by atoms with Crippen LogP contribution in [0.1, 0.15) is 20.3 Å². The minimum absolute atomic E-state index is 0.0544. The number of rotatable bonds is 3. The molecule has 0 aromatic heterocycles. The zero-order chi connectivity index (χ0) is 8.15. The Morgan fingerprint density at radius 1 is 1.50 bits per heavy atom. The number of carbonyl (C=O) groups is 2. The molecule has 1 unspecified atom stereocenters. The zero-order valence-electron chi connectivity index (χ0n) is 6.05. The Kier molecular flexibility index (Phi) is 3.34. The van der Waals surface area contributed by atoms with Crippen LogP contribution in [0.4, 0.5) is 0 Å². The third kappa shape index (κ3) is 2.98. The molecular formula is C7H9NO2. The minimum atomic E-state index is -0.752. The molecule has 0 aliphatic heterocycles. The molecule has 0 aromatic rings. The normalized spacial score (nSPS) is 11.7. The van der Waals surface area contributed by atoms with Crippen LogP contribution in [0, 0.1) is 6.57 Å². The summed E-state index contributed by atoms with van der Waals surface area (Å²) in [4.78, 5) is 24.0. The number of ketones is 2. The Morgan fingerprint density at radius 3 is 2.10 bits per heavy atom. The SMILES string of the molecule is [C-]#[N+]C(CC(C)=O)C(C)=O. The van der Waals surface area contributed by atoms with Gasteiger partial charge in [-0.2, -0.15) is 0 Å². The molecule has 54 valence electrons. The van der Waals surface area contributed by atoms with Gasteiger partial charge in [-0.1, -0.05) is 0 Å². The fourth-order valence-electron chi connectivity index (χ4n) is 0.553. The lowest BCUT2D eigenvalue weighted by atomic mass is 10.1. The van der Waals surface area contributed by atoms with Crippen LogP contribution in [-0.4, -0.2) is 17.6 Å². The van der Waals surface area contributed by atoms with Crippen molar-refractivity contribution in [2.24, 2.45) is 0 Å². The van der Waals surface area contributed by atoms with Gasteiger partial charge in [-0.3, -0.25) is 9.59 Å². The van der Waals surface area contributed by atoms with Crippen molar-refractivity contribution in [1.82, 2.24) is 0 Å². The lowest BCUT2D eigenvalue weighted by Crippen LogP contribution is -2.16. The number of hydrogen-bond donors (Lipinski definition) is 0. The monoisotopic (exact) mass is 139 g/mol. The lowest BCUT2D eigenvalue weighted by Gasteiger charge is -1.95. The van der Waals surface area contributed by atoms with E-state index in [0.29, 0.717) is 0 Å². The Labute approximate surface area is 59.9 Å². The van der Waals surface area contributed by atoms with Crippen LogP contribution in [0.2, 0.25) is 0 Å². The third-order valence-electron chi connectivity index (χ3n) is 1.11. The molecule has 0 bridgehead atoms. The van der Waals surface area contributed by atoms with E-state index in [-0.39, 0.29) is 18.0 Å². The summed E-state index contributed by atoms with van der Waals surface area (Å²) < 4.78 is 0. The first-order valence-electron chi connectivity index (χ1n) is 2.94. The highest BCUT2D eigenvalue weighted by Gasteiger charge is 2.19. The highest BCUT2D eigenvalue weighted by molar-refractivity contribution is 5.89. The molecule has 0 aliphatic rings. The van der Waals surface area contributed by atoms with Gasteiger partial charge in [0.2, 0.25) is 5.78 Å². The minimum Gasteiger partial charge on any atom is -0.305 e. The number of hydrogen-bond acceptors (Lipinski definition) is 2. The van der Waals surface area contributed by atoms with E-state index in [4.69, 9.17) is 6.57 Å². The summed E-state index contributed by atoms with van der Waals surface area (Å²) in [5.74, 6) is -0.346. The quantitative estimate of drug-likeness (QED) is 0.543. The van der Waals surface area contributed by atoms with Gasteiger partial charge in [0.15, 0.2) is 0 Å². The van der Waals surface area contributed by atoms with Gasteiger partial charge in [-0.15, -0.1) is 0 Å². The van der Waals surface area contributed by atoms with Gasteiger partial charge >= 0.3 is 0 Å². The molecule has 0 saturated heterocycles. The van der Waals surface area contributed by atoms with Crippen LogP contribution < -0.4 is 0 Å². The fraction of sp³-hybridized carbons (Fsp3) is 0.571. The molecule has 0 heterocycles. The second kappa shape index (κ2) is 3.78. The van der Waals surface area contributed by atoms with Gasteiger partial charge in [0.25, 0.3) is 6.04 Å². The average Bonchev–Trinajstić information content (AvgIpc) is 1.81. The molecule has 0 amide bonds. The van der Waals surface area contributed by atoms with E-state index in [2.05, 4.69) is 4.85 Å². The van der Waals surface area contributed by atoms with Gasteiger partial charge in [-0.05, 0) is 6.92 Å². The first-order chi connectivity index (χ1) is 4.57. The number of nitrogens with zero attached hydrogens (tertiary/aromatic N) is 1. The van der Waals surface area contributed by atoms with Crippen molar-refractivity contribution in [3.63, 3.8) is 0 Å². The van der Waals surface area contributed by atoms with E-state index < -0.39 is 6.04 Å². The van der Waals surface area contributed by atoms with Crippen molar-refractivity contribution in [3.05, 3.63) is 11.4 Å². The van der Waals surface area contributed by atoms with E-state index in [1.54, 1.807) is 0 Å². The number of carbonyl (C=O) groups excluding carboxylic acids is 2. The van der Waals surface area contributed by atoms with Crippen LogP contribution in [-0.2, 0) is 9.59 Å². The molecular weight excluding hydrogens is 130 g/mol. The standard InChI is InChI=1S/C7H9NO2/c1-5(9)4-7(8-3)6(2)10/h7H,4H2,1-2H3. The predicted molar refractivity (Wildman–Crippen MR) is 36.4 cm³/mol. The van der Waals surface area contributed by atoms with Crippen molar-refractivity contribution < 1.29 is 9.59 Å². The second-order valence-electron chi connectivity index (χ2n) is 2.16. The van der Waals surface area contributed by atoms with Crippen molar-refractivity contribution in [2.45, 2.75) is 26.3 Å². The van der Waals surface area contributed by atoms with E-state index in [1.807, 2.05) is 0 Å². The molecule has 3 nitrogen and oxygen atoms in total. The first-order valence-corrected chi connectivity index (χ1v) is 2.94. The number of Topliss-reactive ketones (excluding diaryl/α,β-unsaturated/α-hetero) is 2. The molecule has 0 rings (SSSR count). The second-order valence-corrected chi connectivity index (χ2v) is 2.16. The average molecular weight is 139 g/mol. The van der Waals surface area contributed by atoms with Gasteiger partial charge < -0.3 is 4.85 Å². The van der Waals surface area contributed by atoms with Crippen LogP contribution in [0.25, 0.3) is 4.85 Å². The first kappa shape index (κ1) is 8.83. The summed E-state index contributed by atoms with van der Waals surface area (Å²) >= 11 is 0. The molecule has 0 spiro atoms. The summed E-state index contributed by atoms with van der Waals surface area (Å²) in [6.07, 6.45) is 0.0544. The Morgan fingerprint density at radius 2 is 2.00 bits per heavy atom. The van der Waals surface area contributed by atoms with Crippen molar-refractivity contribution in [2.75, 3.05) is 0 Å². The molecule has 1 atom stereocenters. The molecule has 0 aliphatic carbocycles. The highest BCUT2D eigenvalue weighted by atomic mass is 16.1. The molecule has 0 fully saturated rings. The van der Waals surface area contributed by atoms with Gasteiger partial charge in [0.05, 0.1) is 6.42 Å². The molecule has 0 N–H and O–H groups in total. The van der Waals surface area contributed by atoms with Crippen molar-refractivity contribution in [1.29, 1.82) is 0 Å². The van der Waals surface area contributed by atoms with Crippen LogP contribution in [0.15, 0.2) is 0 Å². The summed E-state index contributed by atoms with van der Waals surface area (Å²) in [6, 6.07) is -0.752. The zero-order valence-corrected chi connectivity index (χ0v) is 6.05. The van der Waals surface area contributed by atoms with Crippen LogP contribution >= 0.6 is 0 Å². The predicted octanol–water partition coefficient (Wildman–Crippen LogP) is 0.842. The molecule has 0 radical (unpaired) electrons. The molecule has 0 aromatic carbocycles. The molecule has 3 heteroatoms. The summed E-state index contributed by atoms with van der Waals surface area (Å²) in [5, 5.41) is 0. The van der Waals surface area contributed by atoms with Gasteiger partial charge in [0.1, 0.15) is 5.78 Å². The van der Waals surface area contributed by atoms with Crippen molar-refractivity contribution in [3.8, 4) is 0 Å². The van der Waals surface area contributed by atoms with Crippen LogP contribution in [0.3, 0.4) is 0 Å². The Hall–Kier alpha value is -1.17. The van der Waals surface area contributed by atoms with Crippen molar-refractivity contribution >= 4 is 11.6 Å². The highest BCUT2D eigenvalue weighted by Crippen LogP contribution is 1.99. The van der Waals surface area contributed by atoms with E-state index in [9.17, 15) is 9.59 Å². The largest absolute Gasteiger partial charge is 0.305 e. The van der Waals surface area contributed by atoms with Gasteiger partial charge in [0, 0.05) is 6.92 Å². The maximum atomic E-state index is 10.5. The maximum absolute atomic E-state index is 10.5. The van der Waals surface area contributed by atoms with Gasteiger partial charge in [-0.25, -0.2) is 6.57 Å². The third-order valence-corrected chi connectivity index (χ3v) is 1.11. The lowest BCUT2D eigenvalue weighted by molar-refractivity contribution is -0.122. The summed E-state index contributed by atoms with van der Waals surface area (Å²) in [7, 11) is 0. The fourth-order valence-corrected chi connectivity index (χ4v) is 0.553. The topological polar surface area (TPSA) is 38.5 Å². The maximum Gasteiger partial charge on any atom is 0.287 e. The van der Waals surface area contributed by atoms with Crippen LogP contribution in [0.5, 0.6) is 0 Å². The summed E-state index contributed by atoms with van der Waals surface area (Å²) in [5.41, 5.74) is 0. The van der Waals surface area contributed by atoms with E-state index in [1.165, 1.54) is 13.8 Å². The Balaban J connectivity index is 4.00.